The summed E-state index contributed by atoms with van der Waals surface area (Å²) in [5, 5.41) is 63.4. The van der Waals surface area contributed by atoms with Crippen molar-refractivity contribution in [2.75, 3.05) is 6.61 Å². The number of carbonyl (C=O) groups excluding carboxylic acids is 2. The van der Waals surface area contributed by atoms with Crippen LogP contribution in [0.4, 0.5) is 0 Å². The number of benzene rings is 2. The van der Waals surface area contributed by atoms with Crippen molar-refractivity contribution in [2.24, 2.45) is 41.4 Å². The Morgan fingerprint density at radius 1 is 0.881 bits per heavy atom. The van der Waals surface area contributed by atoms with Gasteiger partial charge in [-0.2, -0.15) is 0 Å². The number of aliphatic hydroxyl groups excluding tert-OH is 2. The highest BCUT2D eigenvalue weighted by molar-refractivity contribution is 5.89. The Labute approximate surface area is 342 Å². The Hall–Kier alpha value is -3.50. The number of allylic oxidation sites excluding steroid dienone is 2. The van der Waals surface area contributed by atoms with Crippen LogP contribution in [0.1, 0.15) is 69.3 Å². The molecule has 0 radical (unpaired) electrons. The van der Waals surface area contributed by atoms with E-state index >= 15 is 0 Å². The molecule has 12 rings (SSSR count). The molecule has 4 saturated carbocycles. The van der Waals surface area contributed by atoms with Gasteiger partial charge in [-0.3, -0.25) is 0 Å². The fourth-order valence-corrected chi connectivity index (χ4v) is 13.3. The summed E-state index contributed by atoms with van der Waals surface area (Å²) in [6.45, 7) is 6.66. The molecule has 5 N–H and O–H groups in total. The van der Waals surface area contributed by atoms with Crippen molar-refractivity contribution in [1.82, 2.24) is 0 Å². The minimum absolute atomic E-state index is 0.102. The van der Waals surface area contributed by atoms with Crippen molar-refractivity contribution in [3.63, 3.8) is 0 Å². The van der Waals surface area contributed by atoms with Gasteiger partial charge in [-0.05, 0) is 68.6 Å². The number of carbonyl (C=O) groups is 2. The molecule has 59 heavy (non-hydrogen) atoms. The molecule has 6 heterocycles. The maximum atomic E-state index is 13.7. The van der Waals surface area contributed by atoms with Gasteiger partial charge in [0.2, 0.25) is 0 Å². The maximum absolute atomic E-state index is 13.7. The van der Waals surface area contributed by atoms with E-state index in [-0.39, 0.29) is 30.6 Å². The Balaban J connectivity index is 1.14. The maximum Gasteiger partial charge on any atom is 0.338 e. The van der Waals surface area contributed by atoms with Gasteiger partial charge in [0.1, 0.15) is 53.4 Å². The third-order valence-electron chi connectivity index (χ3n) is 16.2. The van der Waals surface area contributed by atoms with Crippen molar-refractivity contribution in [3.05, 3.63) is 96.1 Å². The molecular weight excluding hydrogens is 760 g/mol. The van der Waals surface area contributed by atoms with Crippen LogP contribution in [0.5, 0.6) is 0 Å². The molecule has 13 nitrogen and oxygen atoms in total. The van der Waals surface area contributed by atoms with Gasteiger partial charge >= 0.3 is 17.9 Å². The molecule has 0 unspecified atom stereocenters. The first-order valence-electron chi connectivity index (χ1n) is 21.2. The van der Waals surface area contributed by atoms with E-state index in [1.165, 1.54) is 12.2 Å². The second-order valence-electron chi connectivity index (χ2n) is 19.0. The lowest BCUT2D eigenvalue weighted by Gasteiger charge is -2.74. The van der Waals surface area contributed by atoms with Gasteiger partial charge in [0.25, 0.3) is 0 Å². The molecule has 4 saturated heterocycles. The first-order valence-corrected chi connectivity index (χ1v) is 21.2. The lowest BCUT2D eigenvalue weighted by atomic mass is 9.49. The number of aliphatic hydroxyl groups is 5. The molecule has 6 aliphatic heterocycles. The summed E-state index contributed by atoms with van der Waals surface area (Å²) in [5.74, 6) is -6.79. The minimum atomic E-state index is -2.22. The Kier molecular flexibility index (Phi) is 8.90. The predicted octanol–water partition coefficient (Wildman–Crippen LogP) is 3.31. The van der Waals surface area contributed by atoms with Gasteiger partial charge in [0.05, 0.1) is 23.4 Å². The summed E-state index contributed by atoms with van der Waals surface area (Å²) in [6, 6.07) is 17.7. The van der Waals surface area contributed by atoms with Crippen molar-refractivity contribution in [2.45, 2.75) is 124 Å². The molecule has 1 spiro atoms. The van der Waals surface area contributed by atoms with Crippen LogP contribution in [-0.2, 0) is 39.2 Å². The third-order valence-corrected chi connectivity index (χ3v) is 16.2. The third kappa shape index (κ3) is 5.17. The molecule has 316 valence electrons. The van der Waals surface area contributed by atoms with E-state index in [1.54, 1.807) is 55.5 Å². The molecule has 0 aromatic heterocycles. The second-order valence-corrected chi connectivity index (χ2v) is 19.0. The highest BCUT2D eigenvalue weighted by Gasteiger charge is 2.91. The largest absolute Gasteiger partial charge is 0.456 e. The van der Waals surface area contributed by atoms with Crippen molar-refractivity contribution < 1.29 is 63.5 Å². The van der Waals surface area contributed by atoms with Crippen molar-refractivity contribution >= 4 is 11.9 Å². The molecule has 0 amide bonds. The van der Waals surface area contributed by atoms with Crippen LogP contribution < -0.4 is 0 Å². The van der Waals surface area contributed by atoms with Gasteiger partial charge in [-0.15, -0.1) is 0 Å². The Morgan fingerprint density at radius 3 is 2.29 bits per heavy atom. The van der Waals surface area contributed by atoms with E-state index in [0.717, 1.165) is 0 Å². The molecule has 2 aromatic rings. The van der Waals surface area contributed by atoms with Crippen LogP contribution in [-0.4, -0.2) is 109 Å². The van der Waals surface area contributed by atoms with Gasteiger partial charge in [-0.25, -0.2) is 9.59 Å². The van der Waals surface area contributed by atoms with Crippen LogP contribution >= 0.6 is 0 Å². The monoisotopic (exact) mass is 814 g/mol. The summed E-state index contributed by atoms with van der Waals surface area (Å²) in [6.07, 6.45) is 0.608. The molecule has 19 atom stereocenters. The van der Waals surface area contributed by atoms with Crippen LogP contribution in [0.3, 0.4) is 0 Å². The summed E-state index contributed by atoms with van der Waals surface area (Å²) in [7, 11) is 0. The van der Waals surface area contributed by atoms with Crippen LogP contribution in [0.2, 0.25) is 0 Å². The smallest absolute Gasteiger partial charge is 0.338 e. The zero-order valence-corrected chi connectivity index (χ0v) is 33.6. The first-order chi connectivity index (χ1) is 28.1. The number of fused-ring (bicyclic) bond motifs is 6. The van der Waals surface area contributed by atoms with Crippen LogP contribution in [0.15, 0.2) is 85.0 Å². The average molecular weight is 815 g/mol. The quantitative estimate of drug-likeness (QED) is 0.223. The number of epoxide rings is 1. The van der Waals surface area contributed by atoms with Crippen LogP contribution in [0, 0.1) is 41.4 Å². The fourth-order valence-electron chi connectivity index (χ4n) is 13.3. The van der Waals surface area contributed by atoms with Gasteiger partial charge in [-0.1, -0.05) is 81.5 Å². The number of hydrogen-bond donors (Lipinski definition) is 5. The summed E-state index contributed by atoms with van der Waals surface area (Å²) < 4.78 is 39.7. The second kappa shape index (κ2) is 13.3. The average Bonchev–Trinajstić information content (AvgIpc) is 3.79. The number of esters is 2. The van der Waals surface area contributed by atoms with E-state index in [9.17, 15) is 35.1 Å². The predicted molar refractivity (Wildman–Crippen MR) is 207 cm³/mol. The SMILES string of the molecule is C[C@H]1[C@@H]2CC[C@@H]1[C@@H](OC(=O)c1ccccc1)/C=C\C=C/C(=O)O[C@H]1[C@@H](C)C[C@@H]3[C@]1(O)[C@H](O)[C@@]1(CO)O[C@H]1[C@H]1[C@H]4O[C@]5(c6ccccc6)O[C@@H]([C@H](C)[C@@]13O5)[C@@]4(O)[C@](C)(O)C2. The Bertz CT molecular complexity index is 2060. The summed E-state index contributed by atoms with van der Waals surface area (Å²) in [4.78, 5) is 27.2. The fraction of sp³-hybridized carbons (Fsp3) is 0.609. The lowest BCUT2D eigenvalue weighted by Crippen LogP contribution is -2.89. The highest BCUT2D eigenvalue weighted by atomic mass is 16.9. The van der Waals surface area contributed by atoms with E-state index in [2.05, 4.69) is 6.92 Å². The normalized spacial score (nSPS) is 52.8. The molecule has 10 aliphatic rings. The number of ether oxygens (including phenoxy) is 6. The molecule has 8 fully saturated rings. The van der Waals surface area contributed by atoms with Gasteiger partial charge in [0.15, 0.2) is 0 Å². The summed E-state index contributed by atoms with van der Waals surface area (Å²) in [5.41, 5.74) is -8.50. The van der Waals surface area contributed by atoms with Crippen LogP contribution in [0.25, 0.3) is 0 Å². The van der Waals surface area contributed by atoms with Gasteiger partial charge in [0, 0.05) is 35.3 Å². The van der Waals surface area contributed by atoms with E-state index in [4.69, 9.17) is 28.4 Å². The van der Waals surface area contributed by atoms with E-state index in [0.29, 0.717) is 24.0 Å². The zero-order valence-electron chi connectivity index (χ0n) is 33.6. The molecule has 4 aliphatic carbocycles. The zero-order chi connectivity index (χ0) is 41.5. The summed E-state index contributed by atoms with van der Waals surface area (Å²) >= 11 is 0. The number of hydrogen-bond acceptors (Lipinski definition) is 13. The van der Waals surface area contributed by atoms with E-state index < -0.39 is 113 Å². The molecule has 2 aromatic carbocycles. The van der Waals surface area contributed by atoms with E-state index in [1.807, 2.05) is 38.1 Å². The Morgan fingerprint density at radius 2 is 1.58 bits per heavy atom. The number of rotatable bonds is 4. The molecular formula is C46H54O13. The standard InChI is InChI=1S/C46H54O13/c1-24-21-32-43(52)35(24)55-33(48)18-12-11-17-31(54-39(49)27-13-7-5-8-14-27)30-20-19-28(25(30)2)22-41(4,51)45(53)36-26(3)44(32)34(37-42(23-47,56-37)40(43)50)38(45)58-46(57-36,59-44)29-15-9-6-10-16-29/h5-18,24-26,28,30-32,34-38,40,47,50-53H,19-23H2,1-4H3/b17-11-,18-12-/t24-,25-,26-,28+,30-,31-,32+,34-,35-,36-,37-,38+,40+,41+,42-,43+,44-,45-,46-/m0/s1. The highest BCUT2D eigenvalue weighted by Crippen LogP contribution is 2.75. The van der Waals surface area contributed by atoms with Crippen molar-refractivity contribution in [3.8, 4) is 0 Å². The molecule has 13 heteroatoms. The topological polar surface area (TPSA) is 194 Å². The first kappa shape index (κ1) is 39.6. The van der Waals surface area contributed by atoms with Crippen molar-refractivity contribution in [1.29, 1.82) is 0 Å². The van der Waals surface area contributed by atoms with Gasteiger partial charge < -0.3 is 54.0 Å². The lowest BCUT2D eigenvalue weighted by molar-refractivity contribution is -0.595. The molecule has 11 bridgehead atoms. The minimum Gasteiger partial charge on any atom is -0.456 e.